The Morgan fingerprint density at radius 3 is 3.13 bits per heavy atom. The molecule has 0 saturated heterocycles. The second-order valence-electron chi connectivity index (χ2n) is 2.43. The van der Waals surface area contributed by atoms with Gasteiger partial charge in [-0.15, -0.1) is 21.5 Å². The van der Waals surface area contributed by atoms with Crippen LogP contribution in [0.3, 0.4) is 0 Å². The van der Waals surface area contributed by atoms with Crippen molar-refractivity contribution in [2.24, 2.45) is 0 Å². The molecule has 15 heavy (non-hydrogen) atoms. The van der Waals surface area contributed by atoms with E-state index >= 15 is 0 Å². The molecule has 2 heterocycles. The molecule has 0 spiro atoms. The van der Waals surface area contributed by atoms with Gasteiger partial charge in [0.25, 0.3) is 11.1 Å². The SMILES string of the molecule is O=C(O)CSc1nnc(-c2cscn2)o1. The summed E-state index contributed by atoms with van der Waals surface area (Å²) in [5.74, 6) is -0.712. The molecule has 0 atom stereocenters. The molecule has 0 aromatic carbocycles. The lowest BCUT2D eigenvalue weighted by molar-refractivity contribution is -0.133. The molecule has 0 aliphatic carbocycles. The lowest BCUT2D eigenvalue weighted by Gasteiger charge is -1.88. The first kappa shape index (κ1) is 10.1. The summed E-state index contributed by atoms with van der Waals surface area (Å²) < 4.78 is 5.20. The molecule has 0 radical (unpaired) electrons. The van der Waals surface area contributed by atoms with Gasteiger partial charge in [-0.25, -0.2) is 4.98 Å². The highest BCUT2D eigenvalue weighted by Gasteiger charge is 2.11. The van der Waals surface area contributed by atoms with Gasteiger partial charge in [0.1, 0.15) is 11.4 Å². The normalized spacial score (nSPS) is 10.4. The maximum atomic E-state index is 10.3. The predicted molar refractivity (Wildman–Crippen MR) is 53.8 cm³/mol. The van der Waals surface area contributed by atoms with Crippen LogP contribution in [0.15, 0.2) is 20.5 Å². The number of thiazole rings is 1. The minimum atomic E-state index is -0.923. The zero-order valence-corrected chi connectivity index (χ0v) is 8.92. The zero-order chi connectivity index (χ0) is 10.7. The molecule has 0 fully saturated rings. The molecule has 2 rings (SSSR count). The van der Waals surface area contributed by atoms with Crippen LogP contribution in [0.1, 0.15) is 0 Å². The van der Waals surface area contributed by atoms with Crippen LogP contribution >= 0.6 is 23.1 Å². The van der Waals surface area contributed by atoms with E-state index < -0.39 is 5.97 Å². The number of thioether (sulfide) groups is 1. The molecule has 0 aliphatic heterocycles. The average Bonchev–Trinajstić information content (AvgIpc) is 2.85. The molecule has 2 aromatic heterocycles. The van der Waals surface area contributed by atoms with Crippen LogP contribution in [-0.2, 0) is 4.79 Å². The van der Waals surface area contributed by atoms with E-state index in [0.29, 0.717) is 11.6 Å². The van der Waals surface area contributed by atoms with Crippen LogP contribution in [0.5, 0.6) is 0 Å². The van der Waals surface area contributed by atoms with Gasteiger partial charge >= 0.3 is 5.97 Å². The largest absolute Gasteiger partial charge is 0.481 e. The summed E-state index contributed by atoms with van der Waals surface area (Å²) in [4.78, 5) is 14.3. The van der Waals surface area contributed by atoms with E-state index in [4.69, 9.17) is 9.52 Å². The first-order valence-electron chi connectivity index (χ1n) is 3.82. The van der Waals surface area contributed by atoms with Gasteiger partial charge in [0.05, 0.1) is 5.51 Å². The molecule has 0 unspecified atom stereocenters. The summed E-state index contributed by atoms with van der Waals surface area (Å²) in [7, 11) is 0. The van der Waals surface area contributed by atoms with Gasteiger partial charge in [0.2, 0.25) is 0 Å². The van der Waals surface area contributed by atoms with Crippen molar-refractivity contribution in [1.29, 1.82) is 0 Å². The summed E-state index contributed by atoms with van der Waals surface area (Å²) >= 11 is 2.40. The van der Waals surface area contributed by atoms with Gasteiger partial charge in [-0.1, -0.05) is 11.8 Å². The van der Waals surface area contributed by atoms with Crippen molar-refractivity contribution in [3.05, 3.63) is 10.9 Å². The number of hydrogen-bond donors (Lipinski definition) is 1. The Balaban J connectivity index is 2.08. The van der Waals surface area contributed by atoms with Gasteiger partial charge in [-0.05, 0) is 0 Å². The molecule has 6 nitrogen and oxygen atoms in total. The third-order valence-electron chi connectivity index (χ3n) is 1.38. The molecule has 0 saturated carbocycles. The van der Waals surface area contributed by atoms with E-state index in [0.717, 1.165) is 11.8 Å². The highest BCUT2D eigenvalue weighted by atomic mass is 32.2. The summed E-state index contributed by atoms with van der Waals surface area (Å²) in [6.45, 7) is 0. The summed E-state index contributed by atoms with van der Waals surface area (Å²) in [6, 6.07) is 0. The quantitative estimate of drug-likeness (QED) is 0.811. The number of nitrogens with zero attached hydrogens (tertiary/aromatic N) is 3. The number of carbonyl (C=O) groups is 1. The fourth-order valence-corrected chi connectivity index (χ4v) is 1.82. The van der Waals surface area contributed by atoms with Gasteiger partial charge in [-0.3, -0.25) is 4.79 Å². The van der Waals surface area contributed by atoms with Crippen molar-refractivity contribution in [3.63, 3.8) is 0 Å². The van der Waals surface area contributed by atoms with Crippen molar-refractivity contribution in [2.75, 3.05) is 5.75 Å². The Hall–Kier alpha value is -1.41. The molecule has 0 aliphatic rings. The third kappa shape index (κ3) is 2.54. The second-order valence-corrected chi connectivity index (χ2v) is 4.07. The summed E-state index contributed by atoms with van der Waals surface area (Å²) in [6.07, 6.45) is 0. The first-order chi connectivity index (χ1) is 7.25. The molecule has 78 valence electrons. The number of rotatable bonds is 4. The van der Waals surface area contributed by atoms with Crippen LogP contribution in [0.2, 0.25) is 0 Å². The predicted octanol–water partition coefficient (Wildman–Crippen LogP) is 1.37. The minimum Gasteiger partial charge on any atom is -0.481 e. The van der Waals surface area contributed by atoms with Gasteiger partial charge < -0.3 is 9.52 Å². The highest BCUT2D eigenvalue weighted by molar-refractivity contribution is 7.99. The number of carboxylic acids is 1. The highest BCUT2D eigenvalue weighted by Crippen LogP contribution is 2.22. The van der Waals surface area contributed by atoms with E-state index in [1.54, 1.807) is 10.9 Å². The van der Waals surface area contributed by atoms with E-state index in [-0.39, 0.29) is 11.0 Å². The molecule has 1 N–H and O–H groups in total. The summed E-state index contributed by atoms with van der Waals surface area (Å²) in [5, 5.41) is 17.9. The zero-order valence-electron chi connectivity index (χ0n) is 7.28. The van der Waals surface area contributed by atoms with Crippen molar-refractivity contribution in [2.45, 2.75) is 5.22 Å². The van der Waals surface area contributed by atoms with E-state index in [1.807, 2.05) is 0 Å². The minimum absolute atomic E-state index is 0.0985. The van der Waals surface area contributed by atoms with Crippen LogP contribution < -0.4 is 0 Å². The van der Waals surface area contributed by atoms with Crippen molar-refractivity contribution in [1.82, 2.24) is 15.2 Å². The third-order valence-corrected chi connectivity index (χ3v) is 2.77. The number of aliphatic carboxylic acids is 1. The van der Waals surface area contributed by atoms with Crippen molar-refractivity contribution in [3.8, 4) is 11.6 Å². The lowest BCUT2D eigenvalue weighted by Crippen LogP contribution is -1.97. The van der Waals surface area contributed by atoms with Crippen LogP contribution in [0.4, 0.5) is 0 Å². The van der Waals surface area contributed by atoms with Gasteiger partial charge in [-0.2, -0.15) is 0 Å². The Morgan fingerprint density at radius 2 is 2.47 bits per heavy atom. The topological polar surface area (TPSA) is 89.1 Å². The fourth-order valence-electron chi connectivity index (χ4n) is 0.813. The Morgan fingerprint density at radius 1 is 1.60 bits per heavy atom. The van der Waals surface area contributed by atoms with E-state index in [9.17, 15) is 4.79 Å². The number of aromatic nitrogens is 3. The monoisotopic (exact) mass is 243 g/mol. The second kappa shape index (κ2) is 4.41. The standard InChI is InChI=1S/C7H5N3O3S2/c11-5(12)2-15-7-10-9-6(13-7)4-1-14-3-8-4/h1,3H,2H2,(H,11,12). The van der Waals surface area contributed by atoms with Gasteiger partial charge in [0.15, 0.2) is 0 Å². The molecule has 0 amide bonds. The summed E-state index contributed by atoms with van der Waals surface area (Å²) in [5.41, 5.74) is 2.26. The molecular formula is C7H5N3O3S2. The number of hydrogen-bond acceptors (Lipinski definition) is 7. The van der Waals surface area contributed by atoms with Crippen LogP contribution in [0, 0.1) is 0 Å². The molecule has 8 heteroatoms. The lowest BCUT2D eigenvalue weighted by atomic mass is 10.5. The first-order valence-corrected chi connectivity index (χ1v) is 5.75. The van der Waals surface area contributed by atoms with Crippen LogP contribution in [0.25, 0.3) is 11.6 Å². The van der Waals surface area contributed by atoms with E-state index in [1.165, 1.54) is 11.3 Å². The van der Waals surface area contributed by atoms with E-state index in [2.05, 4.69) is 15.2 Å². The molecule has 2 aromatic rings. The maximum Gasteiger partial charge on any atom is 0.314 e. The van der Waals surface area contributed by atoms with Gasteiger partial charge in [0, 0.05) is 5.38 Å². The molecular weight excluding hydrogens is 238 g/mol. The van der Waals surface area contributed by atoms with Crippen molar-refractivity contribution < 1.29 is 14.3 Å². The number of carboxylic acid groups (broad SMARTS) is 1. The fraction of sp³-hybridized carbons (Fsp3) is 0.143. The Kier molecular flexibility index (Phi) is 2.97. The van der Waals surface area contributed by atoms with Crippen molar-refractivity contribution >= 4 is 29.1 Å². The van der Waals surface area contributed by atoms with Crippen LogP contribution in [-0.4, -0.2) is 32.0 Å². The smallest absolute Gasteiger partial charge is 0.314 e. The Labute approximate surface area is 92.4 Å². The maximum absolute atomic E-state index is 10.3. The Bertz CT molecular complexity index is 454. The molecule has 0 bridgehead atoms. The average molecular weight is 243 g/mol.